The monoisotopic (exact) mass is 203 g/mol. The zero-order valence-corrected chi connectivity index (χ0v) is 9.02. The van der Waals surface area contributed by atoms with Crippen molar-refractivity contribution in [3.05, 3.63) is 0 Å². The maximum Gasteiger partial charge on any atom is 0.313 e. The molecule has 0 spiro atoms. The summed E-state index contributed by atoms with van der Waals surface area (Å²) in [5.41, 5.74) is 5.43. The van der Waals surface area contributed by atoms with E-state index in [9.17, 15) is 4.79 Å². The molecular formula is C9H17NO2S. The SMILES string of the molecule is CCOC(=O)C1(CSC)CC(N)C1. The van der Waals surface area contributed by atoms with Gasteiger partial charge in [-0.2, -0.15) is 11.8 Å². The molecule has 0 aromatic rings. The van der Waals surface area contributed by atoms with Crippen molar-refractivity contribution in [2.45, 2.75) is 25.8 Å². The fourth-order valence-electron chi connectivity index (χ4n) is 1.85. The number of carbonyl (C=O) groups is 1. The number of rotatable bonds is 4. The number of hydrogen-bond acceptors (Lipinski definition) is 4. The zero-order valence-electron chi connectivity index (χ0n) is 8.21. The minimum atomic E-state index is -0.269. The molecule has 3 nitrogen and oxygen atoms in total. The van der Waals surface area contributed by atoms with Crippen LogP contribution in [0.3, 0.4) is 0 Å². The molecule has 0 radical (unpaired) electrons. The van der Waals surface area contributed by atoms with Crippen molar-refractivity contribution < 1.29 is 9.53 Å². The minimum absolute atomic E-state index is 0.0638. The third kappa shape index (κ3) is 2.17. The summed E-state index contributed by atoms with van der Waals surface area (Å²) in [6, 6.07) is 0.191. The first-order valence-corrected chi connectivity index (χ1v) is 5.96. The lowest BCUT2D eigenvalue weighted by Crippen LogP contribution is -2.53. The van der Waals surface area contributed by atoms with Gasteiger partial charge < -0.3 is 10.5 Å². The van der Waals surface area contributed by atoms with E-state index in [1.165, 1.54) is 0 Å². The van der Waals surface area contributed by atoms with Crippen LogP contribution in [0.5, 0.6) is 0 Å². The highest BCUT2D eigenvalue weighted by atomic mass is 32.2. The van der Waals surface area contributed by atoms with Crippen molar-refractivity contribution in [2.24, 2.45) is 11.1 Å². The molecule has 0 aromatic heterocycles. The molecule has 13 heavy (non-hydrogen) atoms. The molecule has 0 heterocycles. The van der Waals surface area contributed by atoms with Crippen LogP contribution in [-0.4, -0.2) is 30.6 Å². The minimum Gasteiger partial charge on any atom is -0.466 e. The van der Waals surface area contributed by atoms with E-state index in [1.54, 1.807) is 11.8 Å². The number of nitrogens with two attached hydrogens (primary N) is 1. The molecule has 0 bridgehead atoms. The lowest BCUT2D eigenvalue weighted by atomic mass is 9.67. The van der Waals surface area contributed by atoms with Crippen LogP contribution in [0.25, 0.3) is 0 Å². The standard InChI is InChI=1S/C9H17NO2S/c1-3-12-8(11)9(6-13-2)4-7(10)5-9/h7H,3-6,10H2,1-2H3. The second kappa shape index (κ2) is 4.33. The van der Waals surface area contributed by atoms with Crippen molar-refractivity contribution in [3.63, 3.8) is 0 Å². The number of esters is 1. The summed E-state index contributed by atoms with van der Waals surface area (Å²) >= 11 is 1.68. The summed E-state index contributed by atoms with van der Waals surface area (Å²) in [4.78, 5) is 11.6. The molecule has 0 amide bonds. The van der Waals surface area contributed by atoms with Crippen molar-refractivity contribution in [1.82, 2.24) is 0 Å². The second-order valence-corrected chi connectivity index (χ2v) is 4.47. The summed E-state index contributed by atoms with van der Waals surface area (Å²) in [5.74, 6) is 0.769. The second-order valence-electron chi connectivity index (χ2n) is 3.60. The van der Waals surface area contributed by atoms with E-state index in [0.717, 1.165) is 18.6 Å². The van der Waals surface area contributed by atoms with E-state index in [1.807, 2.05) is 13.2 Å². The first-order chi connectivity index (χ1) is 6.14. The van der Waals surface area contributed by atoms with Gasteiger partial charge in [0.15, 0.2) is 0 Å². The van der Waals surface area contributed by atoms with Crippen LogP contribution in [0.15, 0.2) is 0 Å². The molecule has 0 aromatic carbocycles. The van der Waals surface area contributed by atoms with Crippen LogP contribution in [0.2, 0.25) is 0 Å². The molecule has 4 heteroatoms. The summed E-state index contributed by atoms with van der Waals surface area (Å²) in [7, 11) is 0. The average molecular weight is 203 g/mol. The van der Waals surface area contributed by atoms with Gasteiger partial charge in [0.05, 0.1) is 12.0 Å². The highest BCUT2D eigenvalue weighted by Crippen LogP contribution is 2.43. The largest absolute Gasteiger partial charge is 0.466 e. The molecule has 76 valence electrons. The molecule has 0 saturated heterocycles. The van der Waals surface area contributed by atoms with Gasteiger partial charge >= 0.3 is 5.97 Å². The van der Waals surface area contributed by atoms with E-state index in [2.05, 4.69) is 0 Å². The molecule has 1 aliphatic rings. The van der Waals surface area contributed by atoms with Crippen LogP contribution in [0.4, 0.5) is 0 Å². The Hall–Kier alpha value is -0.220. The summed E-state index contributed by atoms with van der Waals surface area (Å²) in [6.07, 6.45) is 3.57. The van der Waals surface area contributed by atoms with Crippen LogP contribution in [-0.2, 0) is 9.53 Å². The van der Waals surface area contributed by atoms with Crippen LogP contribution in [0, 0.1) is 5.41 Å². The average Bonchev–Trinajstić information content (AvgIpc) is 2.02. The quantitative estimate of drug-likeness (QED) is 0.693. The van der Waals surface area contributed by atoms with Gasteiger partial charge in [0.25, 0.3) is 0 Å². The van der Waals surface area contributed by atoms with Crippen molar-refractivity contribution in [3.8, 4) is 0 Å². The van der Waals surface area contributed by atoms with Crippen molar-refractivity contribution in [1.29, 1.82) is 0 Å². The highest BCUT2D eigenvalue weighted by molar-refractivity contribution is 7.98. The third-order valence-corrected chi connectivity index (χ3v) is 3.28. The molecule has 0 aliphatic heterocycles. The normalized spacial score (nSPS) is 32.4. The Balaban J connectivity index is 2.53. The molecule has 0 atom stereocenters. The molecule has 0 unspecified atom stereocenters. The van der Waals surface area contributed by atoms with Gasteiger partial charge in [-0.1, -0.05) is 0 Å². The Morgan fingerprint density at radius 1 is 1.69 bits per heavy atom. The number of ether oxygens (including phenoxy) is 1. The van der Waals surface area contributed by atoms with E-state index in [0.29, 0.717) is 6.61 Å². The Bertz CT molecular complexity index is 185. The van der Waals surface area contributed by atoms with Gasteiger partial charge in [0, 0.05) is 11.8 Å². The van der Waals surface area contributed by atoms with Gasteiger partial charge in [-0.25, -0.2) is 0 Å². The van der Waals surface area contributed by atoms with Gasteiger partial charge in [-0.3, -0.25) is 4.79 Å². The summed E-state index contributed by atoms with van der Waals surface area (Å²) in [6.45, 7) is 2.30. The van der Waals surface area contributed by atoms with Crippen LogP contribution in [0.1, 0.15) is 19.8 Å². The smallest absolute Gasteiger partial charge is 0.313 e. The Labute approximate surface area is 83.4 Å². The fraction of sp³-hybridized carbons (Fsp3) is 0.889. The molecular weight excluding hydrogens is 186 g/mol. The van der Waals surface area contributed by atoms with Crippen LogP contribution < -0.4 is 5.73 Å². The fourth-order valence-corrected chi connectivity index (χ4v) is 2.75. The molecule has 1 rings (SSSR count). The maximum absolute atomic E-state index is 11.6. The van der Waals surface area contributed by atoms with E-state index in [4.69, 9.17) is 10.5 Å². The topological polar surface area (TPSA) is 52.3 Å². The van der Waals surface area contributed by atoms with E-state index >= 15 is 0 Å². The molecule has 1 fully saturated rings. The maximum atomic E-state index is 11.6. The Morgan fingerprint density at radius 2 is 2.31 bits per heavy atom. The van der Waals surface area contributed by atoms with Gasteiger partial charge in [-0.05, 0) is 26.0 Å². The van der Waals surface area contributed by atoms with Crippen molar-refractivity contribution in [2.75, 3.05) is 18.6 Å². The molecule has 1 saturated carbocycles. The number of hydrogen-bond donors (Lipinski definition) is 1. The summed E-state index contributed by atoms with van der Waals surface area (Å²) in [5, 5.41) is 0. The lowest BCUT2D eigenvalue weighted by Gasteiger charge is -2.43. The first-order valence-electron chi connectivity index (χ1n) is 4.56. The summed E-state index contributed by atoms with van der Waals surface area (Å²) < 4.78 is 5.04. The third-order valence-electron chi connectivity index (χ3n) is 2.43. The first kappa shape index (κ1) is 10.9. The Morgan fingerprint density at radius 3 is 2.69 bits per heavy atom. The lowest BCUT2D eigenvalue weighted by molar-refractivity contribution is -0.159. The van der Waals surface area contributed by atoms with Gasteiger partial charge in [0.2, 0.25) is 0 Å². The molecule has 1 aliphatic carbocycles. The van der Waals surface area contributed by atoms with Gasteiger partial charge in [0.1, 0.15) is 0 Å². The van der Waals surface area contributed by atoms with Crippen molar-refractivity contribution >= 4 is 17.7 Å². The van der Waals surface area contributed by atoms with E-state index < -0.39 is 0 Å². The highest BCUT2D eigenvalue weighted by Gasteiger charge is 2.49. The number of thioether (sulfide) groups is 1. The zero-order chi connectivity index (χ0) is 9.90. The van der Waals surface area contributed by atoms with Crippen LogP contribution >= 0.6 is 11.8 Å². The predicted molar refractivity (Wildman–Crippen MR) is 54.7 cm³/mol. The predicted octanol–water partition coefficient (Wildman–Crippen LogP) is 1.02. The number of carbonyl (C=O) groups excluding carboxylic acids is 1. The van der Waals surface area contributed by atoms with E-state index in [-0.39, 0.29) is 17.4 Å². The van der Waals surface area contributed by atoms with Gasteiger partial charge in [-0.15, -0.1) is 0 Å². The Kier molecular flexibility index (Phi) is 3.62. The molecule has 2 N–H and O–H groups in total.